The van der Waals surface area contributed by atoms with Crippen LogP contribution in [-0.2, 0) is 12.0 Å². The highest BCUT2D eigenvalue weighted by Gasteiger charge is 2.23. The Morgan fingerprint density at radius 2 is 1.89 bits per heavy atom. The predicted octanol–water partition coefficient (Wildman–Crippen LogP) is 4.04. The molecule has 2 aromatic carbocycles. The van der Waals surface area contributed by atoms with Crippen LogP contribution in [0, 0.1) is 5.82 Å². The molecule has 0 aliphatic rings. The zero-order chi connectivity index (χ0) is 13.2. The van der Waals surface area contributed by atoms with Crippen LogP contribution in [0.5, 0.6) is 0 Å². The van der Waals surface area contributed by atoms with Crippen LogP contribution in [0.25, 0.3) is 0 Å². The van der Waals surface area contributed by atoms with E-state index in [2.05, 4.69) is 15.9 Å². The maximum Gasteiger partial charge on any atom is 0.123 e. The highest BCUT2D eigenvalue weighted by atomic mass is 79.9. The van der Waals surface area contributed by atoms with Gasteiger partial charge >= 0.3 is 0 Å². The molecule has 0 fully saturated rings. The first-order valence-corrected chi connectivity index (χ1v) is 6.49. The number of hydrogen-bond acceptors (Lipinski definition) is 1. The summed E-state index contributed by atoms with van der Waals surface area (Å²) < 4.78 is 14.1. The molecule has 0 aliphatic carbocycles. The molecule has 0 radical (unpaired) electrons. The molecule has 94 valence electrons. The summed E-state index contributed by atoms with van der Waals surface area (Å²) in [5.41, 5.74) is 0.504. The third-order valence-corrected chi connectivity index (χ3v) is 3.38. The molecule has 18 heavy (non-hydrogen) atoms. The first kappa shape index (κ1) is 13.2. The summed E-state index contributed by atoms with van der Waals surface area (Å²) in [6, 6.07) is 13.8. The largest absolute Gasteiger partial charge is 0.385 e. The smallest absolute Gasteiger partial charge is 0.123 e. The molecule has 2 rings (SSSR count). The second-order valence-electron chi connectivity index (χ2n) is 4.59. The Morgan fingerprint density at radius 1 is 1.17 bits per heavy atom. The van der Waals surface area contributed by atoms with Crippen LogP contribution in [0.4, 0.5) is 4.39 Å². The summed E-state index contributed by atoms with van der Waals surface area (Å²) in [5, 5.41) is 10.5. The van der Waals surface area contributed by atoms with Crippen molar-refractivity contribution in [1.29, 1.82) is 0 Å². The maximum absolute atomic E-state index is 13.2. The summed E-state index contributed by atoms with van der Waals surface area (Å²) in [7, 11) is 0. The second kappa shape index (κ2) is 5.21. The molecule has 0 amide bonds. The van der Waals surface area contributed by atoms with Crippen LogP contribution < -0.4 is 0 Å². The molecule has 1 nitrogen and oxygen atoms in total. The molecular weight excluding hydrogens is 295 g/mol. The predicted molar refractivity (Wildman–Crippen MR) is 73.8 cm³/mol. The molecule has 0 spiro atoms. The van der Waals surface area contributed by atoms with Gasteiger partial charge in [0.1, 0.15) is 5.82 Å². The Kier molecular flexibility index (Phi) is 3.83. The summed E-state index contributed by atoms with van der Waals surface area (Å²) >= 11 is 3.40. The van der Waals surface area contributed by atoms with Crippen molar-refractivity contribution in [3.8, 4) is 0 Å². The average molecular weight is 309 g/mol. The van der Waals surface area contributed by atoms with Gasteiger partial charge in [0.25, 0.3) is 0 Å². The van der Waals surface area contributed by atoms with Gasteiger partial charge in [-0.2, -0.15) is 0 Å². The van der Waals surface area contributed by atoms with Gasteiger partial charge in [-0.05, 0) is 42.3 Å². The third kappa shape index (κ3) is 3.18. The fraction of sp³-hybridized carbons (Fsp3) is 0.200. The van der Waals surface area contributed by atoms with E-state index in [-0.39, 0.29) is 5.82 Å². The molecule has 0 saturated carbocycles. The fourth-order valence-corrected chi connectivity index (χ4v) is 2.42. The van der Waals surface area contributed by atoms with Crippen LogP contribution in [0.15, 0.2) is 53.0 Å². The minimum Gasteiger partial charge on any atom is -0.385 e. The molecule has 1 N–H and O–H groups in total. The standard InChI is InChI=1S/C15H14BrFO/c1-15(18,12-5-3-7-14(17)9-12)10-11-4-2-6-13(16)8-11/h2-9,18H,10H2,1H3. The van der Waals surface area contributed by atoms with E-state index < -0.39 is 5.60 Å². The minimum atomic E-state index is -1.08. The van der Waals surface area contributed by atoms with Crippen LogP contribution in [0.3, 0.4) is 0 Å². The van der Waals surface area contributed by atoms with Gasteiger partial charge in [0.05, 0.1) is 5.60 Å². The third-order valence-electron chi connectivity index (χ3n) is 2.88. The van der Waals surface area contributed by atoms with Gasteiger partial charge in [-0.15, -0.1) is 0 Å². The normalized spacial score (nSPS) is 14.2. The zero-order valence-electron chi connectivity index (χ0n) is 10.0. The summed E-state index contributed by atoms with van der Waals surface area (Å²) in [4.78, 5) is 0. The van der Waals surface area contributed by atoms with E-state index in [4.69, 9.17) is 0 Å². The van der Waals surface area contributed by atoms with Crippen molar-refractivity contribution >= 4 is 15.9 Å². The zero-order valence-corrected chi connectivity index (χ0v) is 11.6. The maximum atomic E-state index is 13.2. The first-order valence-electron chi connectivity index (χ1n) is 5.70. The van der Waals surface area contributed by atoms with Crippen molar-refractivity contribution in [2.45, 2.75) is 18.9 Å². The van der Waals surface area contributed by atoms with Crippen molar-refractivity contribution in [3.05, 3.63) is 69.9 Å². The van der Waals surface area contributed by atoms with E-state index in [1.54, 1.807) is 19.1 Å². The van der Waals surface area contributed by atoms with Crippen LogP contribution in [-0.4, -0.2) is 5.11 Å². The molecule has 2 aromatic rings. The lowest BCUT2D eigenvalue weighted by molar-refractivity contribution is 0.0573. The average Bonchev–Trinajstić information content (AvgIpc) is 2.28. The lowest BCUT2D eigenvalue weighted by atomic mass is 9.89. The number of benzene rings is 2. The molecule has 1 unspecified atom stereocenters. The lowest BCUT2D eigenvalue weighted by Gasteiger charge is -2.24. The molecule has 0 bridgehead atoms. The van der Waals surface area contributed by atoms with Gasteiger partial charge in [-0.25, -0.2) is 4.39 Å². The number of hydrogen-bond donors (Lipinski definition) is 1. The van der Waals surface area contributed by atoms with Crippen LogP contribution >= 0.6 is 15.9 Å². The SMILES string of the molecule is CC(O)(Cc1cccc(Br)c1)c1cccc(F)c1. The lowest BCUT2D eigenvalue weighted by Crippen LogP contribution is -2.24. The second-order valence-corrected chi connectivity index (χ2v) is 5.51. The van der Waals surface area contributed by atoms with Gasteiger partial charge in [0, 0.05) is 10.9 Å². The van der Waals surface area contributed by atoms with Crippen molar-refractivity contribution in [1.82, 2.24) is 0 Å². The molecule has 0 aliphatic heterocycles. The van der Waals surface area contributed by atoms with Crippen molar-refractivity contribution in [2.24, 2.45) is 0 Å². The number of aliphatic hydroxyl groups is 1. The Balaban J connectivity index is 2.26. The number of halogens is 2. The highest BCUT2D eigenvalue weighted by Crippen LogP contribution is 2.26. The minimum absolute atomic E-state index is 0.331. The van der Waals surface area contributed by atoms with Crippen molar-refractivity contribution in [3.63, 3.8) is 0 Å². The van der Waals surface area contributed by atoms with Gasteiger partial charge in [-0.1, -0.05) is 40.2 Å². The van der Waals surface area contributed by atoms with Crippen LogP contribution in [0.2, 0.25) is 0 Å². The van der Waals surface area contributed by atoms with Gasteiger partial charge in [0.15, 0.2) is 0 Å². The Bertz CT molecular complexity index is 552. The van der Waals surface area contributed by atoms with Crippen molar-refractivity contribution < 1.29 is 9.50 Å². The van der Waals surface area contributed by atoms with E-state index >= 15 is 0 Å². The van der Waals surface area contributed by atoms with E-state index in [1.165, 1.54) is 12.1 Å². The van der Waals surface area contributed by atoms with E-state index in [0.29, 0.717) is 12.0 Å². The Morgan fingerprint density at radius 3 is 2.56 bits per heavy atom. The highest BCUT2D eigenvalue weighted by molar-refractivity contribution is 9.10. The van der Waals surface area contributed by atoms with Crippen molar-refractivity contribution in [2.75, 3.05) is 0 Å². The quantitative estimate of drug-likeness (QED) is 0.907. The van der Waals surface area contributed by atoms with Crippen LogP contribution in [0.1, 0.15) is 18.1 Å². The van der Waals surface area contributed by atoms with E-state index in [9.17, 15) is 9.50 Å². The Hall–Kier alpha value is -1.19. The summed E-state index contributed by atoms with van der Waals surface area (Å²) in [5.74, 6) is -0.331. The Labute approximate surface area is 114 Å². The molecule has 3 heteroatoms. The number of rotatable bonds is 3. The monoisotopic (exact) mass is 308 g/mol. The first-order chi connectivity index (χ1) is 8.47. The molecule has 0 saturated heterocycles. The molecule has 0 heterocycles. The molecule has 1 atom stereocenters. The topological polar surface area (TPSA) is 20.2 Å². The summed E-state index contributed by atoms with van der Waals surface area (Å²) in [6.45, 7) is 1.70. The van der Waals surface area contributed by atoms with Gasteiger partial charge in [0.2, 0.25) is 0 Å². The van der Waals surface area contributed by atoms with E-state index in [0.717, 1.165) is 10.0 Å². The van der Waals surface area contributed by atoms with Gasteiger partial charge in [-0.3, -0.25) is 0 Å². The fourth-order valence-electron chi connectivity index (χ4n) is 1.97. The van der Waals surface area contributed by atoms with Gasteiger partial charge < -0.3 is 5.11 Å². The van der Waals surface area contributed by atoms with E-state index in [1.807, 2.05) is 24.3 Å². The molecular formula is C15H14BrFO. The summed E-state index contributed by atoms with van der Waals surface area (Å²) in [6.07, 6.45) is 0.440. The molecule has 0 aromatic heterocycles.